The van der Waals surface area contributed by atoms with Gasteiger partial charge in [0.1, 0.15) is 5.82 Å². The van der Waals surface area contributed by atoms with Gasteiger partial charge < -0.3 is 15.3 Å². The van der Waals surface area contributed by atoms with Crippen molar-refractivity contribution in [2.24, 2.45) is 11.8 Å². The van der Waals surface area contributed by atoms with Crippen LogP contribution < -0.4 is 10.2 Å². The first-order chi connectivity index (χ1) is 11.0. The van der Waals surface area contributed by atoms with E-state index in [2.05, 4.69) is 22.1 Å². The number of rotatable bonds is 6. The molecule has 0 aliphatic carbocycles. The molecule has 1 aromatic heterocycles. The van der Waals surface area contributed by atoms with Gasteiger partial charge in [-0.05, 0) is 43.2 Å². The number of pyridine rings is 1. The fourth-order valence-electron chi connectivity index (χ4n) is 2.71. The van der Waals surface area contributed by atoms with Crippen molar-refractivity contribution >= 4 is 11.7 Å². The molecule has 128 valence electrons. The van der Waals surface area contributed by atoms with Crippen molar-refractivity contribution < 1.29 is 9.90 Å². The second-order valence-electron chi connectivity index (χ2n) is 6.93. The van der Waals surface area contributed by atoms with Crippen LogP contribution in [0.25, 0.3) is 0 Å². The van der Waals surface area contributed by atoms with Crippen LogP contribution in [0.2, 0.25) is 0 Å². The van der Waals surface area contributed by atoms with Gasteiger partial charge in [0.05, 0.1) is 11.7 Å². The predicted molar refractivity (Wildman–Crippen MR) is 92.6 cm³/mol. The summed E-state index contributed by atoms with van der Waals surface area (Å²) in [6.07, 6.45) is 4.23. The Morgan fingerprint density at radius 2 is 2.09 bits per heavy atom. The molecular formula is C18H29N3O2. The molecule has 1 unspecified atom stereocenters. The molecule has 0 spiro atoms. The first kappa shape index (κ1) is 17.7. The maximum atomic E-state index is 12.1. The number of piperidine rings is 1. The van der Waals surface area contributed by atoms with Gasteiger partial charge in [0.2, 0.25) is 0 Å². The summed E-state index contributed by atoms with van der Waals surface area (Å²) in [6.45, 7) is 8.77. The molecule has 23 heavy (non-hydrogen) atoms. The van der Waals surface area contributed by atoms with Crippen LogP contribution in [0, 0.1) is 11.8 Å². The van der Waals surface area contributed by atoms with Crippen molar-refractivity contribution in [3.63, 3.8) is 0 Å². The summed E-state index contributed by atoms with van der Waals surface area (Å²) in [6, 6.07) is 3.75. The number of nitrogens with zero attached hydrogens (tertiary/aromatic N) is 2. The number of nitrogens with one attached hydrogen (secondary N) is 1. The number of hydrogen-bond acceptors (Lipinski definition) is 4. The van der Waals surface area contributed by atoms with Gasteiger partial charge in [-0.25, -0.2) is 4.98 Å². The van der Waals surface area contributed by atoms with Gasteiger partial charge in [0.15, 0.2) is 0 Å². The van der Waals surface area contributed by atoms with Gasteiger partial charge in [0.25, 0.3) is 5.91 Å². The van der Waals surface area contributed by atoms with Crippen molar-refractivity contribution in [2.75, 3.05) is 24.5 Å². The summed E-state index contributed by atoms with van der Waals surface area (Å²) in [4.78, 5) is 18.8. The van der Waals surface area contributed by atoms with Crippen LogP contribution in [-0.2, 0) is 0 Å². The molecule has 1 aromatic rings. The Kier molecular flexibility index (Phi) is 6.39. The number of hydrogen-bond donors (Lipinski definition) is 2. The second-order valence-corrected chi connectivity index (χ2v) is 6.93. The smallest absolute Gasteiger partial charge is 0.252 e. The van der Waals surface area contributed by atoms with Gasteiger partial charge in [-0.3, -0.25) is 4.79 Å². The molecule has 0 aromatic carbocycles. The maximum Gasteiger partial charge on any atom is 0.252 e. The normalized spacial score (nSPS) is 17.3. The molecule has 1 amide bonds. The quantitative estimate of drug-likeness (QED) is 0.845. The molecule has 1 fully saturated rings. The third kappa shape index (κ3) is 5.20. The lowest BCUT2D eigenvalue weighted by molar-refractivity contribution is 0.0920. The number of carbonyl (C=O) groups excluding carboxylic acids is 1. The Hall–Kier alpha value is -1.62. The van der Waals surface area contributed by atoms with Gasteiger partial charge in [0, 0.05) is 25.8 Å². The Balaban J connectivity index is 1.83. The number of amides is 1. The highest BCUT2D eigenvalue weighted by Crippen LogP contribution is 2.21. The number of anilines is 1. The average Bonchev–Trinajstić information content (AvgIpc) is 2.55. The first-order valence-corrected chi connectivity index (χ1v) is 8.64. The minimum absolute atomic E-state index is 0.132. The van der Waals surface area contributed by atoms with Crippen LogP contribution >= 0.6 is 0 Å². The molecular weight excluding hydrogens is 290 g/mol. The lowest BCUT2D eigenvalue weighted by atomic mass is 9.99. The van der Waals surface area contributed by atoms with Gasteiger partial charge in [-0.1, -0.05) is 20.8 Å². The summed E-state index contributed by atoms with van der Waals surface area (Å²) in [5, 5.41) is 12.6. The molecule has 0 saturated carbocycles. The van der Waals surface area contributed by atoms with Crippen LogP contribution in [0.5, 0.6) is 0 Å². The Labute approximate surface area is 139 Å². The molecule has 2 rings (SSSR count). The van der Waals surface area contributed by atoms with E-state index in [0.717, 1.165) is 24.8 Å². The van der Waals surface area contributed by atoms with E-state index in [4.69, 9.17) is 0 Å². The molecule has 5 nitrogen and oxygen atoms in total. The van der Waals surface area contributed by atoms with Crippen molar-refractivity contribution in [2.45, 2.75) is 46.1 Å². The highest BCUT2D eigenvalue weighted by molar-refractivity contribution is 5.94. The van der Waals surface area contributed by atoms with Crippen molar-refractivity contribution in [3.8, 4) is 0 Å². The Morgan fingerprint density at radius 1 is 1.39 bits per heavy atom. The van der Waals surface area contributed by atoms with Crippen LogP contribution in [0.15, 0.2) is 18.3 Å². The minimum atomic E-state index is -0.378. The van der Waals surface area contributed by atoms with Gasteiger partial charge in [-0.15, -0.1) is 0 Å². The summed E-state index contributed by atoms with van der Waals surface area (Å²) in [7, 11) is 0. The van der Waals surface area contributed by atoms with E-state index in [1.807, 2.05) is 26.0 Å². The summed E-state index contributed by atoms with van der Waals surface area (Å²) in [5.74, 6) is 1.81. The zero-order valence-electron chi connectivity index (χ0n) is 14.5. The van der Waals surface area contributed by atoms with E-state index in [1.54, 1.807) is 6.20 Å². The second kappa shape index (κ2) is 8.29. The van der Waals surface area contributed by atoms with E-state index in [0.29, 0.717) is 18.5 Å². The standard InChI is InChI=1S/C18H29N3O2/c1-13(2)16(22)6-9-19-18(23)15-4-5-17(20-12-15)21-10-7-14(3)8-11-21/h4-5,12-14,16,22H,6-11H2,1-3H3,(H,19,23). The van der Waals surface area contributed by atoms with E-state index in [-0.39, 0.29) is 17.9 Å². The molecule has 1 aliphatic heterocycles. The Bertz CT molecular complexity index is 493. The van der Waals surface area contributed by atoms with Gasteiger partial charge in [-0.2, -0.15) is 0 Å². The fourth-order valence-corrected chi connectivity index (χ4v) is 2.71. The molecule has 0 bridgehead atoms. The predicted octanol–water partition coefficient (Wildman–Crippen LogP) is 2.45. The zero-order valence-corrected chi connectivity index (χ0v) is 14.5. The van der Waals surface area contributed by atoms with E-state index < -0.39 is 0 Å². The lowest BCUT2D eigenvalue weighted by Crippen LogP contribution is -2.33. The molecule has 5 heteroatoms. The molecule has 1 aliphatic rings. The molecule has 0 radical (unpaired) electrons. The van der Waals surface area contributed by atoms with Crippen molar-refractivity contribution in [1.29, 1.82) is 0 Å². The fraction of sp³-hybridized carbons (Fsp3) is 0.667. The van der Waals surface area contributed by atoms with Crippen LogP contribution in [-0.4, -0.2) is 41.7 Å². The van der Waals surface area contributed by atoms with E-state index in [9.17, 15) is 9.90 Å². The minimum Gasteiger partial charge on any atom is -0.393 e. The molecule has 2 heterocycles. The monoisotopic (exact) mass is 319 g/mol. The highest BCUT2D eigenvalue weighted by Gasteiger charge is 2.17. The largest absolute Gasteiger partial charge is 0.393 e. The highest BCUT2D eigenvalue weighted by atomic mass is 16.3. The summed E-state index contributed by atoms with van der Waals surface area (Å²) < 4.78 is 0. The SMILES string of the molecule is CC1CCN(c2ccc(C(=O)NCCC(O)C(C)C)cn2)CC1. The van der Waals surface area contributed by atoms with Crippen LogP contribution in [0.4, 0.5) is 5.82 Å². The third-order valence-electron chi connectivity index (χ3n) is 4.61. The molecule has 1 saturated heterocycles. The van der Waals surface area contributed by atoms with Gasteiger partial charge >= 0.3 is 0 Å². The van der Waals surface area contributed by atoms with E-state index in [1.165, 1.54) is 12.8 Å². The molecule has 2 N–H and O–H groups in total. The van der Waals surface area contributed by atoms with Crippen molar-refractivity contribution in [1.82, 2.24) is 10.3 Å². The van der Waals surface area contributed by atoms with Crippen molar-refractivity contribution in [3.05, 3.63) is 23.9 Å². The number of aliphatic hydroxyl groups excluding tert-OH is 1. The number of aliphatic hydroxyl groups is 1. The number of carbonyl (C=O) groups is 1. The van der Waals surface area contributed by atoms with E-state index >= 15 is 0 Å². The first-order valence-electron chi connectivity index (χ1n) is 8.64. The Morgan fingerprint density at radius 3 is 2.65 bits per heavy atom. The van der Waals surface area contributed by atoms with Crippen LogP contribution in [0.1, 0.15) is 50.4 Å². The summed E-state index contributed by atoms with van der Waals surface area (Å²) >= 11 is 0. The third-order valence-corrected chi connectivity index (χ3v) is 4.61. The topological polar surface area (TPSA) is 65.5 Å². The summed E-state index contributed by atoms with van der Waals surface area (Å²) in [5.41, 5.74) is 0.568. The number of aromatic nitrogens is 1. The average molecular weight is 319 g/mol. The van der Waals surface area contributed by atoms with Crippen LogP contribution in [0.3, 0.4) is 0 Å². The lowest BCUT2D eigenvalue weighted by Gasteiger charge is -2.31. The molecule has 1 atom stereocenters. The maximum absolute atomic E-state index is 12.1. The zero-order chi connectivity index (χ0) is 16.8.